The van der Waals surface area contributed by atoms with Gasteiger partial charge in [-0.1, -0.05) is 24.3 Å². The van der Waals surface area contributed by atoms with E-state index >= 15 is 0 Å². The van der Waals surface area contributed by atoms with E-state index in [1.807, 2.05) is 41.5 Å². The first-order chi connectivity index (χ1) is 14.9. The highest BCUT2D eigenvalue weighted by Gasteiger charge is 2.28. The van der Waals surface area contributed by atoms with Crippen LogP contribution in [-0.4, -0.2) is 43.1 Å². The monoisotopic (exact) mass is 455 g/mol. The Balaban J connectivity index is 1.59. The Kier molecular flexibility index (Phi) is 6.50. The van der Waals surface area contributed by atoms with Crippen LogP contribution >= 0.6 is 11.3 Å². The molecule has 3 heterocycles. The summed E-state index contributed by atoms with van der Waals surface area (Å²) in [5, 5.41) is 2.01. The van der Waals surface area contributed by atoms with Gasteiger partial charge in [-0.25, -0.2) is 13.4 Å². The minimum absolute atomic E-state index is 0.114. The molecule has 1 aliphatic heterocycles. The molecule has 3 aromatic rings. The highest BCUT2D eigenvalue weighted by Crippen LogP contribution is 2.24. The first kappa shape index (κ1) is 21.7. The highest BCUT2D eigenvalue weighted by molar-refractivity contribution is 7.89. The summed E-state index contributed by atoms with van der Waals surface area (Å²) in [5.74, 6) is 0.616. The van der Waals surface area contributed by atoms with Gasteiger partial charge in [0.25, 0.3) is 0 Å². The van der Waals surface area contributed by atoms with Crippen molar-refractivity contribution in [3.8, 4) is 0 Å². The zero-order valence-electron chi connectivity index (χ0n) is 17.4. The van der Waals surface area contributed by atoms with Gasteiger partial charge in [-0.15, -0.1) is 11.3 Å². The number of rotatable bonds is 8. The van der Waals surface area contributed by atoms with Gasteiger partial charge in [-0.3, -0.25) is 4.79 Å². The van der Waals surface area contributed by atoms with Crippen molar-refractivity contribution in [3.05, 3.63) is 76.1 Å². The fourth-order valence-corrected chi connectivity index (χ4v) is 6.06. The SMILES string of the molecule is Cc1cccnc1N(CC(=O)c1cccc(S(=O)(=O)N2CCCC2)c1)Cc1cccs1. The molecule has 0 unspecified atom stereocenters. The van der Waals surface area contributed by atoms with Crippen LogP contribution in [0.1, 0.15) is 33.6 Å². The largest absolute Gasteiger partial charge is 0.344 e. The summed E-state index contributed by atoms with van der Waals surface area (Å²) in [6, 6.07) is 14.3. The van der Waals surface area contributed by atoms with Crippen molar-refractivity contribution in [2.45, 2.75) is 31.2 Å². The van der Waals surface area contributed by atoms with Crippen LogP contribution in [0.25, 0.3) is 0 Å². The Morgan fingerprint density at radius 2 is 1.94 bits per heavy atom. The Hall–Kier alpha value is -2.55. The maximum Gasteiger partial charge on any atom is 0.243 e. The normalized spacial score (nSPS) is 14.6. The molecule has 0 amide bonds. The topological polar surface area (TPSA) is 70.6 Å². The predicted octanol–water partition coefficient (Wildman–Crippen LogP) is 4.13. The maximum atomic E-state index is 13.2. The second kappa shape index (κ2) is 9.30. The standard InChI is InChI=1S/C23H25N3O3S2/c1-18-7-5-11-24-23(18)25(16-20-9-6-14-30-20)17-22(27)19-8-4-10-21(15-19)31(28,29)26-12-2-3-13-26/h4-11,14-15H,2-3,12-13,16-17H2,1H3. The van der Waals surface area contributed by atoms with E-state index in [1.54, 1.807) is 35.7 Å². The molecule has 6 nitrogen and oxygen atoms in total. The molecule has 0 saturated carbocycles. The van der Waals surface area contributed by atoms with Crippen LogP contribution in [0, 0.1) is 6.92 Å². The third-order valence-electron chi connectivity index (χ3n) is 5.40. The van der Waals surface area contributed by atoms with Crippen molar-refractivity contribution < 1.29 is 13.2 Å². The summed E-state index contributed by atoms with van der Waals surface area (Å²) in [6.45, 7) is 3.72. The number of anilines is 1. The van der Waals surface area contributed by atoms with Crippen LogP contribution in [0.4, 0.5) is 5.82 Å². The predicted molar refractivity (Wildman–Crippen MR) is 123 cm³/mol. The van der Waals surface area contributed by atoms with Crippen molar-refractivity contribution >= 4 is 33.0 Å². The molecule has 0 spiro atoms. The Morgan fingerprint density at radius 1 is 1.13 bits per heavy atom. The first-order valence-corrected chi connectivity index (χ1v) is 12.6. The minimum atomic E-state index is -3.57. The van der Waals surface area contributed by atoms with Crippen LogP contribution in [0.15, 0.2) is 65.0 Å². The van der Waals surface area contributed by atoms with Gasteiger partial charge in [0.1, 0.15) is 5.82 Å². The van der Waals surface area contributed by atoms with Gasteiger partial charge >= 0.3 is 0 Å². The van der Waals surface area contributed by atoms with E-state index in [2.05, 4.69) is 4.98 Å². The van der Waals surface area contributed by atoms with E-state index in [0.29, 0.717) is 25.2 Å². The summed E-state index contributed by atoms with van der Waals surface area (Å²) >= 11 is 1.63. The number of benzene rings is 1. The molecule has 162 valence electrons. The van der Waals surface area contributed by atoms with Crippen LogP contribution in [0.3, 0.4) is 0 Å². The van der Waals surface area contributed by atoms with Crippen molar-refractivity contribution in [2.24, 2.45) is 0 Å². The Bertz CT molecular complexity index is 1150. The third-order valence-corrected chi connectivity index (χ3v) is 8.16. The summed E-state index contributed by atoms with van der Waals surface area (Å²) in [6.07, 6.45) is 3.47. The second-order valence-electron chi connectivity index (χ2n) is 7.64. The van der Waals surface area contributed by atoms with Crippen molar-refractivity contribution in [1.29, 1.82) is 0 Å². The number of hydrogen-bond acceptors (Lipinski definition) is 6. The number of thiophene rings is 1. The zero-order chi connectivity index (χ0) is 21.8. The number of aryl methyl sites for hydroxylation is 1. The number of carbonyl (C=O) groups excluding carboxylic acids is 1. The number of sulfonamides is 1. The lowest BCUT2D eigenvalue weighted by molar-refractivity contribution is 0.0998. The van der Waals surface area contributed by atoms with Crippen LogP contribution < -0.4 is 4.90 Å². The van der Waals surface area contributed by atoms with Gasteiger partial charge < -0.3 is 4.90 Å². The average Bonchev–Trinajstić information content (AvgIpc) is 3.48. The molecule has 1 aliphatic rings. The summed E-state index contributed by atoms with van der Waals surface area (Å²) in [7, 11) is -3.57. The molecule has 4 rings (SSSR count). The van der Waals surface area contributed by atoms with Crippen LogP contribution in [-0.2, 0) is 16.6 Å². The summed E-state index contributed by atoms with van der Waals surface area (Å²) in [4.78, 5) is 20.9. The Morgan fingerprint density at radius 3 is 2.65 bits per heavy atom. The number of hydrogen-bond donors (Lipinski definition) is 0. The molecule has 0 atom stereocenters. The molecule has 8 heteroatoms. The van der Waals surface area contributed by atoms with Gasteiger partial charge in [-0.05, 0) is 55.0 Å². The molecule has 0 aliphatic carbocycles. The van der Waals surface area contributed by atoms with Crippen molar-refractivity contribution in [2.75, 3.05) is 24.5 Å². The van der Waals surface area contributed by atoms with Gasteiger partial charge in [0.15, 0.2) is 5.78 Å². The molecule has 0 bridgehead atoms. The summed E-state index contributed by atoms with van der Waals surface area (Å²) in [5.41, 5.74) is 1.38. The molecule has 1 aromatic carbocycles. The number of aromatic nitrogens is 1. The number of Topliss-reactive ketones (excluding diaryl/α,β-unsaturated/α-hetero) is 1. The quantitative estimate of drug-likeness (QED) is 0.478. The van der Waals surface area contributed by atoms with Crippen molar-refractivity contribution in [1.82, 2.24) is 9.29 Å². The lowest BCUT2D eigenvalue weighted by Crippen LogP contribution is -2.31. The van der Waals surface area contributed by atoms with E-state index in [0.717, 1.165) is 29.1 Å². The number of ketones is 1. The van der Waals surface area contributed by atoms with Crippen LogP contribution in [0.5, 0.6) is 0 Å². The minimum Gasteiger partial charge on any atom is -0.344 e. The zero-order valence-corrected chi connectivity index (χ0v) is 19.0. The molecule has 0 N–H and O–H groups in total. The lowest BCUT2D eigenvalue weighted by atomic mass is 10.1. The molecule has 1 fully saturated rings. The number of carbonyl (C=O) groups is 1. The van der Waals surface area contributed by atoms with Crippen molar-refractivity contribution in [3.63, 3.8) is 0 Å². The fourth-order valence-electron chi connectivity index (χ4n) is 3.78. The van der Waals surface area contributed by atoms with Gasteiger partial charge in [0.2, 0.25) is 10.0 Å². The Labute approximate surface area is 187 Å². The third kappa shape index (κ3) is 4.87. The first-order valence-electron chi connectivity index (χ1n) is 10.3. The highest BCUT2D eigenvalue weighted by atomic mass is 32.2. The number of nitrogens with zero attached hydrogens (tertiary/aromatic N) is 3. The van der Waals surface area contributed by atoms with Crippen LogP contribution in [0.2, 0.25) is 0 Å². The van der Waals surface area contributed by atoms with Gasteiger partial charge in [0.05, 0.1) is 18.0 Å². The van der Waals surface area contributed by atoms with Gasteiger partial charge in [-0.2, -0.15) is 4.31 Å². The maximum absolute atomic E-state index is 13.2. The van der Waals surface area contributed by atoms with E-state index in [4.69, 9.17) is 0 Å². The smallest absolute Gasteiger partial charge is 0.243 e. The molecular weight excluding hydrogens is 430 g/mol. The van der Waals surface area contributed by atoms with E-state index in [-0.39, 0.29) is 17.2 Å². The molecule has 1 saturated heterocycles. The molecule has 2 aromatic heterocycles. The molecule has 0 radical (unpaired) electrons. The average molecular weight is 456 g/mol. The lowest BCUT2D eigenvalue weighted by Gasteiger charge is -2.24. The second-order valence-corrected chi connectivity index (χ2v) is 10.6. The molecule has 31 heavy (non-hydrogen) atoms. The number of pyridine rings is 1. The summed E-state index contributed by atoms with van der Waals surface area (Å²) < 4.78 is 27.3. The van der Waals surface area contributed by atoms with E-state index in [9.17, 15) is 13.2 Å². The van der Waals surface area contributed by atoms with E-state index < -0.39 is 10.0 Å². The fraction of sp³-hybridized carbons (Fsp3) is 0.304. The van der Waals surface area contributed by atoms with Gasteiger partial charge in [0, 0.05) is 29.7 Å². The van der Waals surface area contributed by atoms with E-state index in [1.165, 1.54) is 10.4 Å². The molecular formula is C23H25N3O3S2.